The van der Waals surface area contributed by atoms with Crippen molar-refractivity contribution in [2.75, 3.05) is 59.9 Å². The molecule has 0 radical (unpaired) electrons. The van der Waals surface area contributed by atoms with Gasteiger partial charge >= 0.3 is 0 Å². The molecule has 9 heteroatoms. The first kappa shape index (κ1) is 24.9. The highest BCUT2D eigenvalue weighted by molar-refractivity contribution is 14.0. The molecule has 2 saturated heterocycles. The van der Waals surface area contributed by atoms with Gasteiger partial charge in [0.2, 0.25) is 11.8 Å². The largest absolute Gasteiger partial charge is 0.356 e. The zero-order valence-electron chi connectivity index (χ0n) is 18.2. The number of carbonyl (C=O) groups excluding carboxylic acids is 2. The number of carbonyl (C=O) groups is 2. The van der Waals surface area contributed by atoms with Gasteiger partial charge in [0.05, 0.1) is 12.1 Å². The summed E-state index contributed by atoms with van der Waals surface area (Å²) in [4.78, 5) is 37.4. The number of hydrogen-bond donors (Lipinski definition) is 1. The van der Waals surface area contributed by atoms with E-state index < -0.39 is 0 Å². The summed E-state index contributed by atoms with van der Waals surface area (Å²) < 4.78 is 0. The molecule has 2 fully saturated rings. The van der Waals surface area contributed by atoms with Crippen LogP contribution in [0.2, 0.25) is 0 Å². The number of halogens is 1. The van der Waals surface area contributed by atoms with Crippen LogP contribution in [0.1, 0.15) is 34.1 Å². The van der Waals surface area contributed by atoms with Crippen molar-refractivity contribution >= 4 is 41.8 Å². The van der Waals surface area contributed by atoms with E-state index in [4.69, 9.17) is 0 Å². The zero-order chi connectivity index (χ0) is 20.2. The quantitative estimate of drug-likeness (QED) is 0.344. The van der Waals surface area contributed by atoms with Crippen LogP contribution in [-0.4, -0.2) is 109 Å². The predicted molar refractivity (Wildman–Crippen MR) is 123 cm³/mol. The van der Waals surface area contributed by atoms with Crippen LogP contribution in [0.15, 0.2) is 4.99 Å². The van der Waals surface area contributed by atoms with Crippen molar-refractivity contribution in [2.45, 2.75) is 45.7 Å². The lowest BCUT2D eigenvalue weighted by atomic mass is 9.96. The van der Waals surface area contributed by atoms with Crippen molar-refractivity contribution in [1.82, 2.24) is 24.9 Å². The Kier molecular flexibility index (Phi) is 9.45. The molecule has 0 atom stereocenters. The molecule has 2 amide bonds. The minimum Gasteiger partial charge on any atom is -0.356 e. The Morgan fingerprint density at radius 2 is 1.79 bits per heavy atom. The summed E-state index contributed by atoms with van der Waals surface area (Å²) in [5.41, 5.74) is -0.267. The summed E-state index contributed by atoms with van der Waals surface area (Å²) in [6.45, 7) is 13.3. The highest BCUT2D eigenvalue weighted by Crippen LogP contribution is 2.24. The van der Waals surface area contributed by atoms with Gasteiger partial charge in [-0.2, -0.15) is 0 Å². The summed E-state index contributed by atoms with van der Waals surface area (Å²) in [7, 11) is 3.80. The number of rotatable bonds is 4. The summed E-state index contributed by atoms with van der Waals surface area (Å²) in [6, 6.07) is 0.172. The van der Waals surface area contributed by atoms with Gasteiger partial charge in [0.25, 0.3) is 0 Å². The van der Waals surface area contributed by atoms with E-state index in [1.165, 1.54) is 0 Å². The second-order valence-electron chi connectivity index (χ2n) is 8.43. The van der Waals surface area contributed by atoms with Crippen LogP contribution < -0.4 is 5.32 Å². The summed E-state index contributed by atoms with van der Waals surface area (Å²) >= 11 is 0. The molecule has 162 valence electrons. The number of piperazine rings is 2. The average Bonchev–Trinajstić information content (AvgIpc) is 2.57. The molecule has 2 heterocycles. The van der Waals surface area contributed by atoms with Gasteiger partial charge in [-0.1, -0.05) is 0 Å². The van der Waals surface area contributed by atoms with E-state index in [-0.39, 0.29) is 47.4 Å². The molecule has 28 heavy (non-hydrogen) atoms. The van der Waals surface area contributed by atoms with Crippen molar-refractivity contribution in [2.24, 2.45) is 4.99 Å². The lowest BCUT2D eigenvalue weighted by Gasteiger charge is -2.49. The fourth-order valence-electron chi connectivity index (χ4n) is 4.14. The maximum atomic E-state index is 12.6. The van der Waals surface area contributed by atoms with Crippen LogP contribution >= 0.6 is 24.0 Å². The fraction of sp³-hybridized carbons (Fsp3) is 0.842. The fourth-order valence-corrected chi connectivity index (χ4v) is 4.14. The first-order valence-corrected chi connectivity index (χ1v) is 9.90. The lowest BCUT2D eigenvalue weighted by molar-refractivity contribution is -0.145. The number of amides is 2. The molecule has 0 unspecified atom stereocenters. The molecule has 0 saturated carbocycles. The first-order chi connectivity index (χ1) is 12.7. The van der Waals surface area contributed by atoms with Gasteiger partial charge in [0.1, 0.15) is 0 Å². The molecule has 0 aliphatic carbocycles. The second kappa shape index (κ2) is 10.6. The van der Waals surface area contributed by atoms with Gasteiger partial charge in [-0.15, -0.1) is 24.0 Å². The standard InChI is InChI=1S/C19H36N6O2.HI/c1-15(2)25-17(27)13-24(14-19(25,3)4)18(20-5)21-8-7-16(26)23-11-9-22(6)10-12-23;/h15H,7-14H2,1-6H3,(H,20,21);1H. The Hall–Kier alpha value is -1.10. The SMILES string of the molecule is CN=C(NCCC(=O)N1CCN(C)CC1)N1CC(=O)N(C(C)C)C(C)(C)C1.I. The number of guanidine groups is 1. The third-order valence-electron chi connectivity index (χ3n) is 5.33. The van der Waals surface area contributed by atoms with E-state index in [1.54, 1.807) is 7.05 Å². The highest BCUT2D eigenvalue weighted by atomic mass is 127. The smallest absolute Gasteiger partial charge is 0.242 e. The van der Waals surface area contributed by atoms with Crippen LogP contribution in [0.25, 0.3) is 0 Å². The number of nitrogens with zero attached hydrogens (tertiary/aromatic N) is 5. The number of hydrogen-bond acceptors (Lipinski definition) is 4. The van der Waals surface area contributed by atoms with E-state index in [2.05, 4.69) is 36.1 Å². The van der Waals surface area contributed by atoms with Crippen molar-refractivity contribution in [3.05, 3.63) is 0 Å². The number of aliphatic imine (C=N–C) groups is 1. The summed E-state index contributed by atoms with van der Waals surface area (Å²) in [5, 5.41) is 3.27. The molecule has 8 nitrogen and oxygen atoms in total. The Morgan fingerprint density at radius 3 is 2.29 bits per heavy atom. The maximum Gasteiger partial charge on any atom is 0.242 e. The second-order valence-corrected chi connectivity index (χ2v) is 8.43. The van der Waals surface area contributed by atoms with Gasteiger partial charge < -0.3 is 24.9 Å². The summed E-state index contributed by atoms with van der Waals surface area (Å²) in [6.07, 6.45) is 0.437. The molecule has 0 aromatic carbocycles. The van der Waals surface area contributed by atoms with Crippen LogP contribution in [0.4, 0.5) is 0 Å². The number of nitrogens with one attached hydrogen (secondary N) is 1. The third-order valence-corrected chi connectivity index (χ3v) is 5.33. The molecular formula is C19H37IN6O2. The Balaban J connectivity index is 0.00000392. The normalized spacial score (nSPS) is 21.0. The Bertz CT molecular complexity index is 573. The van der Waals surface area contributed by atoms with Gasteiger partial charge in [-0.05, 0) is 34.7 Å². The van der Waals surface area contributed by atoms with Gasteiger partial charge in [0.15, 0.2) is 5.96 Å². The molecule has 0 aromatic rings. The third kappa shape index (κ3) is 6.20. The molecule has 0 aromatic heterocycles. The van der Waals surface area contributed by atoms with Crippen molar-refractivity contribution in [1.29, 1.82) is 0 Å². The molecule has 0 spiro atoms. The van der Waals surface area contributed by atoms with Crippen molar-refractivity contribution < 1.29 is 9.59 Å². The molecular weight excluding hydrogens is 471 g/mol. The maximum absolute atomic E-state index is 12.6. The highest BCUT2D eigenvalue weighted by Gasteiger charge is 2.40. The van der Waals surface area contributed by atoms with E-state index in [9.17, 15) is 9.59 Å². The molecule has 0 bridgehead atoms. The van der Waals surface area contributed by atoms with E-state index in [0.717, 1.165) is 26.2 Å². The van der Waals surface area contributed by atoms with Gasteiger partial charge in [-0.25, -0.2) is 0 Å². The molecule has 2 aliphatic rings. The topological polar surface area (TPSA) is 71.5 Å². The van der Waals surface area contributed by atoms with Crippen LogP contribution in [-0.2, 0) is 9.59 Å². The molecule has 1 N–H and O–H groups in total. The Labute approximate surface area is 186 Å². The van der Waals surface area contributed by atoms with Crippen LogP contribution in [0.5, 0.6) is 0 Å². The van der Waals surface area contributed by atoms with E-state index >= 15 is 0 Å². The van der Waals surface area contributed by atoms with Gasteiger partial charge in [0, 0.05) is 58.8 Å². The Morgan fingerprint density at radius 1 is 1.18 bits per heavy atom. The summed E-state index contributed by atoms with van der Waals surface area (Å²) in [5.74, 6) is 0.968. The monoisotopic (exact) mass is 508 g/mol. The van der Waals surface area contributed by atoms with Crippen LogP contribution in [0.3, 0.4) is 0 Å². The number of likely N-dealkylation sites (N-methyl/N-ethyl adjacent to an activating group) is 1. The van der Waals surface area contributed by atoms with Crippen molar-refractivity contribution in [3.63, 3.8) is 0 Å². The molecule has 2 rings (SSSR count). The first-order valence-electron chi connectivity index (χ1n) is 9.90. The molecule has 2 aliphatic heterocycles. The average molecular weight is 508 g/mol. The van der Waals surface area contributed by atoms with Gasteiger partial charge in [-0.3, -0.25) is 14.6 Å². The van der Waals surface area contributed by atoms with Crippen LogP contribution in [0, 0.1) is 0 Å². The minimum atomic E-state index is -0.267. The lowest BCUT2D eigenvalue weighted by Crippen LogP contribution is -2.66. The van der Waals surface area contributed by atoms with Crippen molar-refractivity contribution in [3.8, 4) is 0 Å². The zero-order valence-corrected chi connectivity index (χ0v) is 20.5. The minimum absolute atomic E-state index is 0. The predicted octanol–water partition coefficient (Wildman–Crippen LogP) is 0.675. The van der Waals surface area contributed by atoms with E-state index in [0.29, 0.717) is 32.0 Å². The van der Waals surface area contributed by atoms with E-state index in [1.807, 2.05) is 28.5 Å².